The monoisotopic (exact) mass is 508 g/mol. The average Bonchev–Trinajstić information content (AvgIpc) is 3.07. The molecule has 0 aliphatic heterocycles. The predicted molar refractivity (Wildman–Crippen MR) is 109 cm³/mol. The average molecular weight is 510 g/mol. The highest BCUT2D eigenvalue weighted by molar-refractivity contribution is 9.11. The fourth-order valence-corrected chi connectivity index (χ4v) is 3.53. The summed E-state index contributed by atoms with van der Waals surface area (Å²) < 4.78 is 17.3. The lowest BCUT2D eigenvalue weighted by Gasteiger charge is -2.10. The molecule has 1 heterocycles. The summed E-state index contributed by atoms with van der Waals surface area (Å²) in [6, 6.07) is 8.29. The zero-order valence-corrected chi connectivity index (χ0v) is 18.0. The minimum Gasteiger partial charge on any atom is -0.462 e. The number of hydrogen-bond donors (Lipinski definition) is 0. The van der Waals surface area contributed by atoms with Gasteiger partial charge in [-0.1, -0.05) is 15.9 Å². The van der Waals surface area contributed by atoms with Crippen molar-refractivity contribution in [1.82, 2.24) is 0 Å². The van der Waals surface area contributed by atoms with Crippen molar-refractivity contribution < 1.29 is 28.3 Å². The molecule has 0 fully saturated rings. The smallest absolute Gasteiger partial charge is 0.343 e. The highest BCUT2D eigenvalue weighted by Crippen LogP contribution is 2.40. The summed E-state index contributed by atoms with van der Waals surface area (Å²) in [7, 11) is 0. The number of carbonyl (C=O) groups excluding carboxylic acids is 3. The number of furan rings is 1. The zero-order valence-electron chi connectivity index (χ0n) is 14.9. The van der Waals surface area contributed by atoms with Gasteiger partial charge in [0.25, 0.3) is 0 Å². The van der Waals surface area contributed by atoms with E-state index < -0.39 is 11.9 Å². The van der Waals surface area contributed by atoms with E-state index in [4.69, 9.17) is 13.9 Å². The normalized spacial score (nSPS) is 10.7. The van der Waals surface area contributed by atoms with Gasteiger partial charge in [0.15, 0.2) is 12.0 Å². The van der Waals surface area contributed by atoms with Gasteiger partial charge in [0.05, 0.1) is 22.0 Å². The van der Waals surface area contributed by atoms with E-state index >= 15 is 0 Å². The van der Waals surface area contributed by atoms with Gasteiger partial charge in [0.2, 0.25) is 0 Å². The maximum atomic E-state index is 12.5. The zero-order chi connectivity index (χ0) is 20.4. The summed E-state index contributed by atoms with van der Waals surface area (Å²) in [6.45, 7) is 3.52. The minimum absolute atomic E-state index is 0.0108. The molecular weight excluding hydrogens is 496 g/mol. The summed E-state index contributed by atoms with van der Waals surface area (Å²) in [5.74, 6) is -1.21. The quantitative estimate of drug-likeness (QED) is 0.257. The van der Waals surface area contributed by atoms with Gasteiger partial charge >= 0.3 is 11.9 Å². The molecular formula is C20H14Br2O6. The van der Waals surface area contributed by atoms with Crippen LogP contribution in [0.25, 0.3) is 11.0 Å². The Bertz CT molecular complexity index is 1080. The molecule has 0 spiro atoms. The van der Waals surface area contributed by atoms with E-state index in [9.17, 15) is 14.4 Å². The second-order valence-corrected chi connectivity index (χ2v) is 7.49. The molecule has 0 amide bonds. The highest BCUT2D eigenvalue weighted by Gasteiger charge is 2.27. The van der Waals surface area contributed by atoms with Gasteiger partial charge in [-0.3, -0.25) is 4.79 Å². The first-order valence-electron chi connectivity index (χ1n) is 8.23. The van der Waals surface area contributed by atoms with Crippen molar-refractivity contribution in [3.05, 3.63) is 61.7 Å². The van der Waals surface area contributed by atoms with Gasteiger partial charge in [-0.25, -0.2) is 9.59 Å². The molecule has 3 rings (SSSR count). The minimum atomic E-state index is -0.695. The Labute approximate surface area is 177 Å². The largest absolute Gasteiger partial charge is 0.462 e. The van der Waals surface area contributed by atoms with Crippen molar-refractivity contribution in [3.63, 3.8) is 0 Å². The number of fused-ring (bicyclic) bond motifs is 1. The van der Waals surface area contributed by atoms with E-state index in [-0.39, 0.29) is 23.7 Å². The predicted octanol–water partition coefficient (Wildman–Crippen LogP) is 5.47. The first-order valence-corrected chi connectivity index (χ1v) is 9.81. The van der Waals surface area contributed by atoms with Crippen LogP contribution >= 0.6 is 31.9 Å². The van der Waals surface area contributed by atoms with E-state index in [1.54, 1.807) is 44.2 Å². The van der Waals surface area contributed by atoms with Crippen LogP contribution in [-0.2, 0) is 4.74 Å². The van der Waals surface area contributed by atoms with E-state index in [0.717, 1.165) is 4.47 Å². The van der Waals surface area contributed by atoms with Crippen molar-refractivity contribution in [2.75, 3.05) is 6.61 Å². The SMILES string of the molecule is CCOC(=O)c1c(C=O)oc2c(C)cc(OC(=O)c3ccc(Br)cc3)c(Br)c12. The van der Waals surface area contributed by atoms with Crippen LogP contribution in [0.5, 0.6) is 5.75 Å². The molecule has 144 valence electrons. The second kappa shape index (κ2) is 8.28. The molecule has 8 heteroatoms. The van der Waals surface area contributed by atoms with Crippen LogP contribution in [0, 0.1) is 6.92 Å². The van der Waals surface area contributed by atoms with Gasteiger partial charge in [-0.2, -0.15) is 0 Å². The molecule has 6 nitrogen and oxygen atoms in total. The van der Waals surface area contributed by atoms with Crippen LogP contribution < -0.4 is 4.74 Å². The van der Waals surface area contributed by atoms with Crippen molar-refractivity contribution >= 4 is 61.1 Å². The fraction of sp³-hybridized carbons (Fsp3) is 0.150. The van der Waals surface area contributed by atoms with E-state index in [2.05, 4.69) is 31.9 Å². The Morgan fingerprint density at radius 3 is 2.43 bits per heavy atom. The lowest BCUT2D eigenvalue weighted by atomic mass is 10.1. The maximum absolute atomic E-state index is 12.5. The van der Waals surface area contributed by atoms with Crippen LogP contribution in [0.1, 0.15) is 43.8 Å². The number of aldehydes is 1. The maximum Gasteiger partial charge on any atom is 0.343 e. The summed E-state index contributed by atoms with van der Waals surface area (Å²) in [6.07, 6.45) is 0.450. The van der Waals surface area contributed by atoms with E-state index in [1.807, 2.05) is 0 Å². The number of hydrogen-bond acceptors (Lipinski definition) is 6. The Balaban J connectivity index is 2.11. The van der Waals surface area contributed by atoms with E-state index in [1.165, 1.54) is 0 Å². The third kappa shape index (κ3) is 3.74. The first-order chi connectivity index (χ1) is 13.4. The molecule has 0 atom stereocenters. The Morgan fingerprint density at radius 1 is 1.14 bits per heavy atom. The van der Waals surface area contributed by atoms with Crippen molar-refractivity contribution in [1.29, 1.82) is 0 Å². The Hall–Kier alpha value is -2.45. The summed E-state index contributed by atoms with van der Waals surface area (Å²) in [5, 5.41) is 0.319. The molecule has 0 aliphatic rings. The summed E-state index contributed by atoms with van der Waals surface area (Å²) in [5.41, 5.74) is 1.28. The summed E-state index contributed by atoms with van der Waals surface area (Å²) >= 11 is 6.68. The molecule has 0 radical (unpaired) electrons. The number of aryl methyl sites for hydroxylation is 1. The van der Waals surface area contributed by atoms with Gasteiger partial charge < -0.3 is 13.9 Å². The van der Waals surface area contributed by atoms with Crippen LogP contribution in [0.2, 0.25) is 0 Å². The van der Waals surface area contributed by atoms with Crippen LogP contribution in [0.3, 0.4) is 0 Å². The molecule has 3 aromatic rings. The molecule has 0 unspecified atom stereocenters. The molecule has 1 aromatic heterocycles. The number of ether oxygens (including phenoxy) is 2. The fourth-order valence-electron chi connectivity index (χ4n) is 2.69. The Morgan fingerprint density at radius 2 is 1.82 bits per heavy atom. The molecule has 0 N–H and O–H groups in total. The molecule has 0 saturated heterocycles. The number of halogens is 2. The Kier molecular flexibility index (Phi) is 6.00. The summed E-state index contributed by atoms with van der Waals surface area (Å²) in [4.78, 5) is 36.3. The topological polar surface area (TPSA) is 82.8 Å². The second-order valence-electron chi connectivity index (χ2n) is 5.79. The lowest BCUT2D eigenvalue weighted by molar-refractivity contribution is 0.0524. The van der Waals surface area contributed by atoms with Crippen molar-refractivity contribution in [2.45, 2.75) is 13.8 Å². The van der Waals surface area contributed by atoms with Crippen molar-refractivity contribution in [3.8, 4) is 5.75 Å². The van der Waals surface area contributed by atoms with Gasteiger partial charge in [-0.05, 0) is 65.7 Å². The molecule has 0 saturated carbocycles. The lowest BCUT2D eigenvalue weighted by Crippen LogP contribution is -2.10. The first kappa shape index (κ1) is 20.3. The molecule has 0 bridgehead atoms. The number of rotatable bonds is 5. The molecule has 2 aromatic carbocycles. The molecule has 0 aliphatic carbocycles. The van der Waals surface area contributed by atoms with Crippen molar-refractivity contribution in [2.24, 2.45) is 0 Å². The van der Waals surface area contributed by atoms with Gasteiger partial charge in [0.1, 0.15) is 16.9 Å². The van der Waals surface area contributed by atoms with Crippen LogP contribution in [-0.4, -0.2) is 24.8 Å². The standard InChI is InChI=1S/C20H14Br2O6/c1-3-26-20(25)15-14(9-23)27-18-10(2)8-13(17(22)16(15)18)28-19(24)11-4-6-12(21)7-5-11/h4-9H,3H2,1-2H3. The highest BCUT2D eigenvalue weighted by atomic mass is 79.9. The van der Waals surface area contributed by atoms with Gasteiger partial charge in [0, 0.05) is 4.47 Å². The third-order valence-electron chi connectivity index (χ3n) is 3.95. The number of esters is 2. The van der Waals surface area contributed by atoms with Gasteiger partial charge in [-0.15, -0.1) is 0 Å². The molecule has 28 heavy (non-hydrogen) atoms. The third-order valence-corrected chi connectivity index (χ3v) is 5.26. The van der Waals surface area contributed by atoms with Crippen LogP contribution in [0.4, 0.5) is 0 Å². The number of benzene rings is 2. The number of carbonyl (C=O) groups is 3. The van der Waals surface area contributed by atoms with Crippen LogP contribution in [0.15, 0.2) is 43.7 Å². The van der Waals surface area contributed by atoms with E-state index in [0.29, 0.717) is 32.9 Å².